The Morgan fingerprint density at radius 1 is 0.829 bits per heavy atom. The van der Waals surface area contributed by atoms with E-state index in [4.69, 9.17) is 9.47 Å². The number of anilines is 3. The number of amides is 2. The minimum Gasteiger partial charge on any atom is -0.447 e. The van der Waals surface area contributed by atoms with Crippen LogP contribution in [0.25, 0.3) is 0 Å². The number of methoxy groups -OCH3 is 1. The van der Waals surface area contributed by atoms with Crippen molar-refractivity contribution < 1.29 is 27.5 Å². The molecule has 10 heteroatoms. The third-order valence-corrected chi connectivity index (χ3v) is 6.42. The molecule has 0 heterocycles. The molecule has 0 atom stereocenters. The van der Waals surface area contributed by atoms with Gasteiger partial charge in [0.25, 0.3) is 15.9 Å². The first-order valence-corrected chi connectivity index (χ1v) is 12.2. The molecule has 0 aliphatic carbocycles. The van der Waals surface area contributed by atoms with Crippen molar-refractivity contribution in [3.05, 3.63) is 83.4 Å². The maximum absolute atomic E-state index is 12.9. The summed E-state index contributed by atoms with van der Waals surface area (Å²) in [7, 11) is -2.33. The Morgan fingerprint density at radius 2 is 1.51 bits per heavy atom. The van der Waals surface area contributed by atoms with Crippen LogP contribution in [0.4, 0.5) is 21.9 Å². The molecule has 0 unspecified atom stereocenters. The number of hydrogen-bond donors (Lipinski definition) is 3. The van der Waals surface area contributed by atoms with Crippen LogP contribution in [-0.4, -0.2) is 40.7 Å². The third-order valence-electron chi connectivity index (χ3n) is 4.90. The fraction of sp³-hybridized carbons (Fsp3) is 0.200. The largest absolute Gasteiger partial charge is 0.447 e. The Balaban J connectivity index is 1.69. The zero-order valence-electron chi connectivity index (χ0n) is 19.6. The van der Waals surface area contributed by atoms with Gasteiger partial charge >= 0.3 is 6.09 Å². The van der Waals surface area contributed by atoms with Crippen molar-refractivity contribution in [2.24, 2.45) is 0 Å². The molecule has 184 valence electrons. The van der Waals surface area contributed by atoms with Gasteiger partial charge in [-0.15, -0.1) is 0 Å². The molecular formula is C25H27N3O6S. The number of rotatable bonds is 9. The Kier molecular flexibility index (Phi) is 8.45. The normalized spacial score (nSPS) is 10.9. The lowest BCUT2D eigenvalue weighted by molar-refractivity contribution is 0.102. The van der Waals surface area contributed by atoms with Crippen molar-refractivity contribution in [1.82, 2.24) is 0 Å². The van der Waals surface area contributed by atoms with Crippen molar-refractivity contribution >= 4 is 39.1 Å². The molecule has 0 fully saturated rings. The van der Waals surface area contributed by atoms with Crippen LogP contribution in [0, 0.1) is 13.8 Å². The fourth-order valence-corrected chi connectivity index (χ4v) is 4.56. The van der Waals surface area contributed by atoms with Gasteiger partial charge < -0.3 is 14.8 Å². The van der Waals surface area contributed by atoms with Crippen LogP contribution in [-0.2, 0) is 19.5 Å². The summed E-state index contributed by atoms with van der Waals surface area (Å²) in [5.41, 5.74) is 2.82. The highest BCUT2D eigenvalue weighted by atomic mass is 32.2. The number of carbonyl (C=O) groups is 2. The molecular weight excluding hydrogens is 470 g/mol. The van der Waals surface area contributed by atoms with Crippen LogP contribution in [0.15, 0.2) is 71.6 Å². The summed E-state index contributed by atoms with van der Waals surface area (Å²) >= 11 is 0. The van der Waals surface area contributed by atoms with Crippen molar-refractivity contribution in [2.45, 2.75) is 18.7 Å². The maximum Gasteiger partial charge on any atom is 0.411 e. The molecule has 2 amide bonds. The molecule has 0 aromatic heterocycles. The highest BCUT2D eigenvalue weighted by Gasteiger charge is 2.18. The van der Waals surface area contributed by atoms with Crippen LogP contribution in [0.3, 0.4) is 0 Å². The molecule has 0 saturated carbocycles. The van der Waals surface area contributed by atoms with E-state index in [0.29, 0.717) is 16.9 Å². The second-order valence-electron chi connectivity index (χ2n) is 7.74. The Bertz CT molecular complexity index is 1320. The predicted molar refractivity (Wildman–Crippen MR) is 134 cm³/mol. The smallest absolute Gasteiger partial charge is 0.411 e. The number of hydrogen-bond acceptors (Lipinski definition) is 6. The van der Waals surface area contributed by atoms with Gasteiger partial charge in [0.1, 0.15) is 6.61 Å². The Morgan fingerprint density at radius 3 is 2.26 bits per heavy atom. The number of ether oxygens (including phenoxy) is 2. The lowest BCUT2D eigenvalue weighted by Crippen LogP contribution is -2.17. The zero-order chi connectivity index (χ0) is 25.4. The van der Waals surface area contributed by atoms with Crippen LogP contribution >= 0.6 is 0 Å². The Labute approximate surface area is 204 Å². The molecule has 0 aliphatic heterocycles. The molecule has 0 radical (unpaired) electrons. The van der Waals surface area contributed by atoms with Crippen molar-refractivity contribution in [3.63, 3.8) is 0 Å². The van der Waals surface area contributed by atoms with E-state index in [1.54, 1.807) is 61.5 Å². The summed E-state index contributed by atoms with van der Waals surface area (Å²) in [5, 5.41) is 5.30. The van der Waals surface area contributed by atoms with E-state index in [-0.39, 0.29) is 29.4 Å². The molecule has 0 aliphatic rings. The summed E-state index contributed by atoms with van der Waals surface area (Å²) in [6.07, 6.45) is -0.644. The van der Waals surface area contributed by atoms with Gasteiger partial charge in [0.05, 0.1) is 11.5 Å². The molecule has 3 aromatic rings. The highest BCUT2D eigenvalue weighted by molar-refractivity contribution is 7.92. The maximum atomic E-state index is 12.9. The quantitative estimate of drug-likeness (QED) is 0.373. The van der Waals surface area contributed by atoms with Gasteiger partial charge in [-0.2, -0.15) is 0 Å². The van der Waals surface area contributed by atoms with E-state index >= 15 is 0 Å². The van der Waals surface area contributed by atoms with Crippen LogP contribution in [0.5, 0.6) is 0 Å². The van der Waals surface area contributed by atoms with Crippen molar-refractivity contribution in [1.29, 1.82) is 0 Å². The lowest BCUT2D eigenvalue weighted by atomic mass is 10.2. The van der Waals surface area contributed by atoms with E-state index in [2.05, 4.69) is 15.4 Å². The van der Waals surface area contributed by atoms with E-state index < -0.39 is 22.0 Å². The van der Waals surface area contributed by atoms with Gasteiger partial charge in [-0.25, -0.2) is 13.2 Å². The minimum absolute atomic E-state index is 0.113. The molecule has 35 heavy (non-hydrogen) atoms. The lowest BCUT2D eigenvalue weighted by Gasteiger charge is -2.12. The van der Waals surface area contributed by atoms with E-state index in [1.807, 2.05) is 13.0 Å². The molecule has 9 nitrogen and oxygen atoms in total. The summed E-state index contributed by atoms with van der Waals surface area (Å²) in [6.45, 7) is 3.93. The molecule has 3 rings (SSSR count). The zero-order valence-corrected chi connectivity index (χ0v) is 20.4. The average Bonchev–Trinajstić information content (AvgIpc) is 2.81. The van der Waals surface area contributed by atoms with Crippen molar-refractivity contribution in [3.8, 4) is 0 Å². The summed E-state index contributed by atoms with van der Waals surface area (Å²) < 4.78 is 38.1. The van der Waals surface area contributed by atoms with E-state index in [1.165, 1.54) is 13.2 Å². The van der Waals surface area contributed by atoms with Crippen molar-refractivity contribution in [2.75, 3.05) is 35.7 Å². The molecule has 0 spiro atoms. The first kappa shape index (κ1) is 25.7. The summed E-state index contributed by atoms with van der Waals surface area (Å²) in [4.78, 5) is 24.8. The minimum atomic E-state index is -3.84. The SMILES string of the molecule is COCCOC(=O)Nc1cccc(NC(=O)c2cccc(NS(=O)(=O)c3cc(C)ccc3C)c2)c1. The van der Waals surface area contributed by atoms with E-state index in [9.17, 15) is 18.0 Å². The second kappa shape index (κ2) is 11.5. The fourth-order valence-electron chi connectivity index (χ4n) is 3.18. The number of benzene rings is 3. The topological polar surface area (TPSA) is 123 Å². The molecule has 0 bridgehead atoms. The number of carbonyl (C=O) groups excluding carboxylic acids is 2. The first-order chi connectivity index (χ1) is 16.7. The van der Waals surface area contributed by atoms with Gasteiger partial charge in [0.15, 0.2) is 0 Å². The van der Waals surface area contributed by atoms with Crippen LogP contribution < -0.4 is 15.4 Å². The van der Waals surface area contributed by atoms with Gasteiger partial charge in [-0.05, 0) is 67.4 Å². The molecule has 3 aromatic carbocycles. The standard InChI is InChI=1S/C25H27N3O6S/c1-17-10-11-18(2)23(14-17)35(31,32)28-22-9-4-6-19(15-22)24(29)26-20-7-5-8-21(16-20)27-25(30)34-13-12-33-3/h4-11,14-16,28H,12-13H2,1-3H3,(H,26,29)(H,27,30). The highest BCUT2D eigenvalue weighted by Crippen LogP contribution is 2.22. The van der Waals surface area contributed by atoms with Crippen LogP contribution in [0.1, 0.15) is 21.5 Å². The second-order valence-corrected chi connectivity index (χ2v) is 9.39. The molecule has 0 saturated heterocycles. The number of aryl methyl sites for hydroxylation is 2. The predicted octanol–water partition coefficient (Wildman–Crippen LogP) is 4.55. The average molecular weight is 498 g/mol. The third kappa shape index (κ3) is 7.29. The van der Waals surface area contributed by atoms with E-state index in [0.717, 1.165) is 5.56 Å². The number of nitrogens with one attached hydrogen (secondary N) is 3. The van der Waals surface area contributed by atoms with Gasteiger partial charge in [0, 0.05) is 29.7 Å². The van der Waals surface area contributed by atoms with Gasteiger partial charge in [0.2, 0.25) is 0 Å². The van der Waals surface area contributed by atoms with Gasteiger partial charge in [-0.3, -0.25) is 14.8 Å². The number of sulfonamides is 1. The summed E-state index contributed by atoms with van der Waals surface area (Å²) in [6, 6.07) is 17.9. The summed E-state index contributed by atoms with van der Waals surface area (Å²) in [5.74, 6) is -0.447. The Hall–Kier alpha value is -3.89. The van der Waals surface area contributed by atoms with Gasteiger partial charge in [-0.1, -0.05) is 24.3 Å². The van der Waals surface area contributed by atoms with Crippen LogP contribution in [0.2, 0.25) is 0 Å². The molecule has 3 N–H and O–H groups in total. The monoisotopic (exact) mass is 497 g/mol. The first-order valence-electron chi connectivity index (χ1n) is 10.7.